The molecule has 5 nitrogen and oxygen atoms in total. The number of unbranched alkanes of at least 4 members (excludes halogenated alkanes) is 1. The number of likely N-dealkylation sites (tertiary alicyclic amines) is 1. The predicted octanol–water partition coefficient (Wildman–Crippen LogP) is 8.04. The number of esters is 1. The van der Waals surface area contributed by atoms with Crippen molar-refractivity contribution in [2.45, 2.75) is 76.4 Å². The largest absolute Gasteiger partial charge is 0.466 e. The van der Waals surface area contributed by atoms with E-state index in [0.717, 1.165) is 70.3 Å². The third-order valence-corrected chi connectivity index (χ3v) is 8.85. The summed E-state index contributed by atoms with van der Waals surface area (Å²) in [7, 11) is 0. The summed E-state index contributed by atoms with van der Waals surface area (Å²) < 4.78 is 44.4. The number of halogens is 3. The van der Waals surface area contributed by atoms with Crippen molar-refractivity contribution in [1.29, 1.82) is 0 Å². The van der Waals surface area contributed by atoms with Crippen LogP contribution in [-0.2, 0) is 21.1 Å². The number of piperidine rings is 1. The fraction of sp³-hybridized carbons (Fsp3) is 0.444. The van der Waals surface area contributed by atoms with Crippen molar-refractivity contribution < 1.29 is 27.5 Å². The van der Waals surface area contributed by atoms with E-state index in [1.807, 2.05) is 25.1 Å². The summed E-state index contributed by atoms with van der Waals surface area (Å²) in [4.78, 5) is 28.2. The van der Waals surface area contributed by atoms with Crippen molar-refractivity contribution >= 4 is 11.9 Å². The molecule has 4 rings (SSSR count). The fourth-order valence-electron chi connectivity index (χ4n) is 6.26. The molecule has 1 fully saturated rings. The maximum absolute atomic E-state index is 13.2. The van der Waals surface area contributed by atoms with Crippen molar-refractivity contribution in [3.05, 3.63) is 95.6 Å². The van der Waals surface area contributed by atoms with Gasteiger partial charge in [0.1, 0.15) is 0 Å². The lowest BCUT2D eigenvalue weighted by molar-refractivity contribution is -0.145. The van der Waals surface area contributed by atoms with Gasteiger partial charge in [0.15, 0.2) is 0 Å². The lowest BCUT2D eigenvalue weighted by atomic mass is 9.72. The summed E-state index contributed by atoms with van der Waals surface area (Å²) in [6.07, 6.45) is 1.44. The maximum Gasteiger partial charge on any atom is 0.416 e. The van der Waals surface area contributed by atoms with Crippen molar-refractivity contribution in [2.75, 3.05) is 26.2 Å². The first-order chi connectivity index (χ1) is 21.1. The first-order valence-electron chi connectivity index (χ1n) is 15.7. The van der Waals surface area contributed by atoms with Crippen LogP contribution in [0.25, 0.3) is 11.1 Å². The van der Waals surface area contributed by atoms with Gasteiger partial charge in [0, 0.05) is 30.1 Å². The van der Waals surface area contributed by atoms with E-state index < -0.39 is 11.7 Å². The molecule has 1 N–H and O–H groups in total. The van der Waals surface area contributed by atoms with Gasteiger partial charge in [-0.3, -0.25) is 9.59 Å². The van der Waals surface area contributed by atoms with Crippen LogP contribution in [0.2, 0.25) is 0 Å². The molecule has 1 aliphatic rings. The Bertz CT molecular complexity index is 1350. The van der Waals surface area contributed by atoms with Crippen LogP contribution in [0.15, 0.2) is 78.9 Å². The van der Waals surface area contributed by atoms with Gasteiger partial charge in [-0.15, -0.1) is 0 Å². The van der Waals surface area contributed by atoms with Crippen molar-refractivity contribution in [3.63, 3.8) is 0 Å². The summed E-state index contributed by atoms with van der Waals surface area (Å²) in [6.45, 7) is 7.09. The zero-order chi connectivity index (χ0) is 31.6. The highest BCUT2D eigenvalue weighted by Gasteiger charge is 2.33. The standard InChI is InChI=1S/C36H43F3N2O3/c1-3-35(26-33(42)44-4-2,28-12-6-5-7-13-28)22-10-11-23-41-24-20-30(21-25-41)40-34(43)32-15-9-8-14-31(32)27-16-18-29(19-17-27)36(37,38)39/h5-9,12-19,30H,3-4,10-11,20-26H2,1-2H3,(H,40,43). The minimum atomic E-state index is -4.41. The van der Waals surface area contributed by atoms with Crippen molar-refractivity contribution in [1.82, 2.24) is 10.2 Å². The highest BCUT2D eigenvalue weighted by Crippen LogP contribution is 2.37. The molecule has 44 heavy (non-hydrogen) atoms. The second kappa shape index (κ2) is 15.4. The van der Waals surface area contributed by atoms with Crippen LogP contribution < -0.4 is 5.32 Å². The highest BCUT2D eigenvalue weighted by atomic mass is 19.4. The van der Waals surface area contributed by atoms with E-state index in [4.69, 9.17) is 4.74 Å². The number of hydrogen-bond donors (Lipinski definition) is 1. The quantitative estimate of drug-likeness (QED) is 0.158. The monoisotopic (exact) mass is 608 g/mol. The van der Waals surface area contributed by atoms with E-state index in [0.29, 0.717) is 29.7 Å². The number of nitrogens with zero attached hydrogens (tertiary/aromatic N) is 1. The van der Waals surface area contributed by atoms with Gasteiger partial charge in [-0.2, -0.15) is 13.2 Å². The van der Waals surface area contributed by atoms with E-state index in [1.54, 1.807) is 24.3 Å². The lowest BCUT2D eigenvalue weighted by Gasteiger charge is -2.34. The van der Waals surface area contributed by atoms with Gasteiger partial charge in [-0.25, -0.2) is 0 Å². The summed E-state index contributed by atoms with van der Waals surface area (Å²) in [5.41, 5.74) is 1.87. The van der Waals surface area contributed by atoms with Crippen LogP contribution in [0.5, 0.6) is 0 Å². The molecule has 236 valence electrons. The molecule has 1 heterocycles. The molecular weight excluding hydrogens is 565 g/mol. The van der Waals surface area contributed by atoms with E-state index in [2.05, 4.69) is 29.3 Å². The second-order valence-corrected chi connectivity index (χ2v) is 11.6. The molecule has 1 amide bonds. The molecule has 0 saturated carbocycles. The third-order valence-electron chi connectivity index (χ3n) is 8.85. The molecule has 1 aliphatic heterocycles. The lowest BCUT2D eigenvalue weighted by Crippen LogP contribution is -2.45. The van der Waals surface area contributed by atoms with E-state index in [9.17, 15) is 22.8 Å². The van der Waals surface area contributed by atoms with Crippen molar-refractivity contribution in [3.8, 4) is 11.1 Å². The van der Waals surface area contributed by atoms with Crippen LogP contribution >= 0.6 is 0 Å². The number of hydrogen-bond acceptors (Lipinski definition) is 4. The molecule has 8 heteroatoms. The normalized spacial score (nSPS) is 15.8. The maximum atomic E-state index is 13.2. The number of rotatable bonds is 13. The number of nitrogens with one attached hydrogen (secondary N) is 1. The molecule has 0 bridgehead atoms. The summed E-state index contributed by atoms with van der Waals surface area (Å²) >= 11 is 0. The Hall–Kier alpha value is -3.65. The topological polar surface area (TPSA) is 58.6 Å². The number of carbonyl (C=O) groups is 2. The van der Waals surface area contributed by atoms with Gasteiger partial charge in [0.2, 0.25) is 0 Å². The van der Waals surface area contributed by atoms with Gasteiger partial charge in [0.25, 0.3) is 5.91 Å². The van der Waals surface area contributed by atoms with Crippen LogP contribution in [0.1, 0.15) is 80.3 Å². The molecule has 0 radical (unpaired) electrons. The van der Waals surface area contributed by atoms with E-state index in [1.165, 1.54) is 17.7 Å². The average Bonchev–Trinajstić information content (AvgIpc) is 3.03. The summed E-state index contributed by atoms with van der Waals surface area (Å²) in [5.74, 6) is -0.360. The van der Waals surface area contributed by atoms with Crippen LogP contribution in [0.3, 0.4) is 0 Å². The van der Waals surface area contributed by atoms with Gasteiger partial charge in [-0.1, -0.05) is 74.0 Å². The Morgan fingerprint density at radius 2 is 1.52 bits per heavy atom. The number of alkyl halides is 3. The molecule has 1 unspecified atom stereocenters. The van der Waals surface area contributed by atoms with Gasteiger partial charge in [-0.05, 0) is 80.5 Å². The fourth-order valence-corrected chi connectivity index (χ4v) is 6.26. The van der Waals surface area contributed by atoms with Crippen molar-refractivity contribution in [2.24, 2.45) is 0 Å². The van der Waals surface area contributed by atoms with E-state index in [-0.39, 0.29) is 23.3 Å². The number of carbonyl (C=O) groups excluding carboxylic acids is 2. The number of ether oxygens (including phenoxy) is 1. The SMILES string of the molecule is CCOC(=O)CC(CC)(CCCCN1CCC(NC(=O)c2ccccc2-c2ccc(C(F)(F)F)cc2)CC1)c1ccccc1. The zero-order valence-corrected chi connectivity index (χ0v) is 25.7. The molecule has 0 aromatic heterocycles. The van der Waals surface area contributed by atoms with Crippen LogP contribution in [-0.4, -0.2) is 49.1 Å². The summed E-state index contributed by atoms with van der Waals surface area (Å²) in [5, 5.41) is 3.15. The Morgan fingerprint density at radius 3 is 2.16 bits per heavy atom. The highest BCUT2D eigenvalue weighted by molar-refractivity contribution is 6.01. The first-order valence-corrected chi connectivity index (χ1v) is 15.7. The molecular formula is C36H43F3N2O3. The Labute approximate surface area is 258 Å². The minimum Gasteiger partial charge on any atom is -0.466 e. The molecule has 1 atom stereocenters. The number of benzene rings is 3. The smallest absolute Gasteiger partial charge is 0.416 e. The Kier molecular flexibility index (Phi) is 11.6. The van der Waals surface area contributed by atoms with E-state index >= 15 is 0 Å². The Balaban J connectivity index is 1.27. The number of amides is 1. The Morgan fingerprint density at radius 1 is 0.864 bits per heavy atom. The second-order valence-electron chi connectivity index (χ2n) is 11.6. The molecule has 3 aromatic carbocycles. The van der Waals surface area contributed by atoms with Gasteiger partial charge in [0.05, 0.1) is 18.6 Å². The van der Waals surface area contributed by atoms with Crippen LogP contribution in [0, 0.1) is 0 Å². The predicted molar refractivity (Wildman–Crippen MR) is 167 cm³/mol. The van der Waals surface area contributed by atoms with Crippen LogP contribution in [0.4, 0.5) is 13.2 Å². The van der Waals surface area contributed by atoms with Gasteiger partial charge < -0.3 is 15.0 Å². The van der Waals surface area contributed by atoms with Gasteiger partial charge >= 0.3 is 12.1 Å². The molecule has 0 spiro atoms. The molecule has 0 aliphatic carbocycles. The summed E-state index contributed by atoms with van der Waals surface area (Å²) in [6, 6.07) is 22.3. The third kappa shape index (κ3) is 8.72. The zero-order valence-electron chi connectivity index (χ0n) is 25.7. The molecule has 3 aromatic rings. The molecule has 1 saturated heterocycles. The first kappa shape index (κ1) is 33.2. The minimum absolute atomic E-state index is 0.0369. The average molecular weight is 609 g/mol.